The zero-order valence-electron chi connectivity index (χ0n) is 32.8. The SMILES string of the molecule is CCCCCCCCCCCCCCCCCC(=O)CC(CC(=O)O)C(=O)OC1=CC[C@@]2(O)[C@H]3Cc4ccc(O)c5c4[C@@]2(CCN3C)[C@H]1O5.O=C(O)C(F)(F)F. The number of ether oxygens (including phenoxy) is 2. The van der Waals surface area contributed by atoms with E-state index in [1.807, 2.05) is 13.1 Å². The number of carbonyl (C=O) groups excluding carboxylic acids is 2. The third kappa shape index (κ3) is 10.6. The van der Waals surface area contributed by atoms with Crippen LogP contribution in [0.5, 0.6) is 11.5 Å². The monoisotopic (exact) mass is 795 g/mol. The molecule has 5 rings (SSSR count). The van der Waals surface area contributed by atoms with Crippen LogP contribution in [0.15, 0.2) is 24.0 Å². The van der Waals surface area contributed by atoms with Gasteiger partial charge < -0.3 is 34.8 Å². The number of ketones is 1. The minimum Gasteiger partial charge on any atom is -0.504 e. The van der Waals surface area contributed by atoms with Crippen LogP contribution in [0.1, 0.15) is 146 Å². The van der Waals surface area contributed by atoms with Gasteiger partial charge in [-0.3, -0.25) is 14.4 Å². The number of Topliss-reactive ketones (excluding diaryl/α,β-unsaturated/α-hetero) is 1. The van der Waals surface area contributed by atoms with Gasteiger partial charge in [0.05, 0.1) is 23.4 Å². The van der Waals surface area contributed by atoms with Gasteiger partial charge in [0, 0.05) is 30.9 Å². The highest BCUT2D eigenvalue weighted by Crippen LogP contribution is 2.65. The molecule has 1 fully saturated rings. The standard InChI is InChI=1S/C40H59NO8.C2HF3O2/c1-3-4-5-6-7-8-9-10-11-12-13-14-15-16-17-18-30(42)25-29(27-34(44)45)38(46)48-32-21-22-40(47)33-26-28-19-20-31(43)36-35(28)39(40,37(32)49-36)23-24-41(33)2;3-2(4,5)1(6)7/h19-21,29,33,37,43,47H,3-18,22-27H2,1-2H3,(H,44,45);(H,6,7)/t29?,33-,37+,39+,40-;/m1./s1. The third-order valence-electron chi connectivity index (χ3n) is 12.1. The van der Waals surface area contributed by atoms with Gasteiger partial charge in [-0.1, -0.05) is 103 Å². The van der Waals surface area contributed by atoms with Gasteiger partial charge in [-0.25, -0.2) is 4.79 Å². The number of carbonyl (C=O) groups is 4. The number of hydrogen-bond acceptors (Lipinski definition) is 9. The topological polar surface area (TPSA) is 171 Å². The van der Waals surface area contributed by atoms with Gasteiger partial charge in [-0.2, -0.15) is 13.2 Å². The molecule has 2 aliphatic heterocycles. The maximum absolute atomic E-state index is 13.5. The van der Waals surface area contributed by atoms with Crippen molar-refractivity contribution in [3.63, 3.8) is 0 Å². The highest BCUT2D eigenvalue weighted by molar-refractivity contribution is 5.87. The molecular weight excluding hydrogens is 735 g/mol. The predicted octanol–water partition coefficient (Wildman–Crippen LogP) is 8.16. The number of alkyl halides is 3. The number of hydrogen-bond donors (Lipinski definition) is 4. The highest BCUT2D eigenvalue weighted by atomic mass is 19.4. The van der Waals surface area contributed by atoms with Crippen molar-refractivity contribution in [1.29, 1.82) is 0 Å². The first-order valence-electron chi connectivity index (χ1n) is 20.5. The third-order valence-corrected chi connectivity index (χ3v) is 12.1. The Balaban J connectivity index is 0.000000908. The number of rotatable bonds is 22. The summed E-state index contributed by atoms with van der Waals surface area (Å²) in [5.41, 5.74) is -0.331. The van der Waals surface area contributed by atoms with E-state index in [9.17, 15) is 42.9 Å². The van der Waals surface area contributed by atoms with E-state index in [0.29, 0.717) is 31.6 Å². The van der Waals surface area contributed by atoms with Crippen molar-refractivity contribution >= 4 is 23.7 Å². The summed E-state index contributed by atoms with van der Waals surface area (Å²) in [6, 6.07) is 3.30. The van der Waals surface area contributed by atoms with Gasteiger partial charge >= 0.3 is 24.1 Å². The molecule has 5 atom stereocenters. The molecule has 2 aliphatic carbocycles. The van der Waals surface area contributed by atoms with Crippen LogP contribution in [0, 0.1) is 5.92 Å². The van der Waals surface area contributed by atoms with Crippen LogP contribution in [-0.4, -0.2) is 86.5 Å². The Hall–Kier alpha value is -3.65. The van der Waals surface area contributed by atoms with Crippen LogP contribution in [0.4, 0.5) is 13.2 Å². The van der Waals surface area contributed by atoms with E-state index in [1.54, 1.807) is 12.1 Å². The summed E-state index contributed by atoms with van der Waals surface area (Å²) in [7, 11) is 2.00. The van der Waals surface area contributed by atoms with Crippen LogP contribution < -0.4 is 4.74 Å². The molecule has 11 nitrogen and oxygen atoms in total. The summed E-state index contributed by atoms with van der Waals surface area (Å²) >= 11 is 0. The Bertz CT molecular complexity index is 1560. The molecule has 1 aromatic carbocycles. The number of esters is 1. The summed E-state index contributed by atoms with van der Waals surface area (Å²) in [4.78, 5) is 49.3. The number of aliphatic carboxylic acids is 2. The van der Waals surface area contributed by atoms with Crippen LogP contribution in [0.3, 0.4) is 0 Å². The number of benzene rings is 1. The van der Waals surface area contributed by atoms with Crippen molar-refractivity contribution in [3.05, 3.63) is 35.1 Å². The lowest BCUT2D eigenvalue weighted by Crippen LogP contribution is -2.74. The van der Waals surface area contributed by atoms with Crippen molar-refractivity contribution < 1.29 is 62.2 Å². The van der Waals surface area contributed by atoms with Gasteiger partial charge in [-0.05, 0) is 50.6 Å². The Labute approximate surface area is 327 Å². The molecule has 0 aromatic heterocycles. The van der Waals surface area contributed by atoms with E-state index < -0.39 is 53.5 Å². The molecule has 1 aromatic rings. The summed E-state index contributed by atoms with van der Waals surface area (Å²) in [5, 5.41) is 39.8. The summed E-state index contributed by atoms with van der Waals surface area (Å²) < 4.78 is 44.0. The molecule has 14 heteroatoms. The fourth-order valence-corrected chi connectivity index (χ4v) is 9.16. The molecule has 56 heavy (non-hydrogen) atoms. The van der Waals surface area contributed by atoms with Gasteiger partial charge in [0.25, 0.3) is 0 Å². The van der Waals surface area contributed by atoms with Crippen LogP contribution in [0.25, 0.3) is 0 Å². The lowest BCUT2D eigenvalue weighted by atomic mass is 9.50. The van der Waals surface area contributed by atoms with E-state index in [1.165, 1.54) is 70.6 Å². The number of nitrogens with zero attached hydrogens (tertiary/aromatic N) is 1. The van der Waals surface area contributed by atoms with Crippen molar-refractivity contribution in [2.45, 2.75) is 171 Å². The molecule has 4 N–H and O–H groups in total. The molecule has 2 bridgehead atoms. The number of unbranched alkanes of at least 4 members (excludes halogenated alkanes) is 14. The van der Waals surface area contributed by atoms with E-state index in [2.05, 4.69) is 11.8 Å². The van der Waals surface area contributed by atoms with Gasteiger partial charge in [0.1, 0.15) is 11.5 Å². The van der Waals surface area contributed by atoms with Crippen LogP contribution in [0.2, 0.25) is 0 Å². The number of phenols is 1. The maximum Gasteiger partial charge on any atom is 0.490 e. The number of likely N-dealkylation sites (N-methyl/N-ethyl adjacent to an activating group) is 1. The molecular formula is C42H60F3NO10. The zero-order chi connectivity index (χ0) is 41.1. The van der Waals surface area contributed by atoms with E-state index in [4.69, 9.17) is 19.4 Å². The van der Waals surface area contributed by atoms with Gasteiger partial charge in [0.2, 0.25) is 0 Å². The van der Waals surface area contributed by atoms with Crippen molar-refractivity contribution in [3.8, 4) is 11.5 Å². The largest absolute Gasteiger partial charge is 0.504 e. The number of likely N-dealkylation sites (tertiary alicyclic amines) is 1. The molecule has 0 saturated carbocycles. The highest BCUT2D eigenvalue weighted by Gasteiger charge is 2.72. The van der Waals surface area contributed by atoms with Crippen molar-refractivity contribution in [2.24, 2.45) is 5.92 Å². The number of aliphatic hydroxyl groups is 1. The Morgan fingerprint density at radius 1 is 0.911 bits per heavy atom. The summed E-state index contributed by atoms with van der Waals surface area (Å²) in [5.74, 6) is -5.45. The molecule has 1 unspecified atom stereocenters. The van der Waals surface area contributed by atoms with Gasteiger partial charge in [-0.15, -0.1) is 0 Å². The fourth-order valence-electron chi connectivity index (χ4n) is 9.16. The normalized spacial score (nSPS) is 23.9. The van der Waals surface area contributed by atoms with Crippen molar-refractivity contribution in [1.82, 2.24) is 4.90 Å². The van der Waals surface area contributed by atoms with E-state index in [-0.39, 0.29) is 36.2 Å². The van der Waals surface area contributed by atoms with Crippen LogP contribution in [-0.2, 0) is 35.8 Å². The van der Waals surface area contributed by atoms with E-state index in [0.717, 1.165) is 36.8 Å². The Kier molecular flexibility index (Phi) is 16.2. The van der Waals surface area contributed by atoms with E-state index >= 15 is 0 Å². The number of carboxylic acid groups (broad SMARTS) is 2. The number of halogens is 3. The van der Waals surface area contributed by atoms with Crippen molar-refractivity contribution in [2.75, 3.05) is 13.6 Å². The number of carboxylic acids is 2. The molecule has 1 saturated heterocycles. The summed E-state index contributed by atoms with van der Waals surface area (Å²) in [6.07, 6.45) is 15.3. The quantitative estimate of drug-likeness (QED) is 0.0660. The molecule has 1 spiro atoms. The molecule has 0 amide bonds. The number of phenolic OH excluding ortho intramolecular Hbond substituents is 1. The Morgan fingerprint density at radius 2 is 1.46 bits per heavy atom. The lowest BCUT2D eigenvalue weighted by Gasteiger charge is -2.61. The molecule has 2 heterocycles. The second-order valence-electron chi connectivity index (χ2n) is 16.1. The maximum atomic E-state index is 13.5. The number of piperidine rings is 1. The average Bonchev–Trinajstić information content (AvgIpc) is 3.49. The first kappa shape index (κ1) is 45.1. The smallest absolute Gasteiger partial charge is 0.490 e. The predicted molar refractivity (Wildman–Crippen MR) is 201 cm³/mol. The average molecular weight is 796 g/mol. The summed E-state index contributed by atoms with van der Waals surface area (Å²) in [6.45, 7) is 2.95. The fraction of sp³-hybridized carbons (Fsp3) is 0.714. The molecule has 4 aliphatic rings. The lowest BCUT2D eigenvalue weighted by molar-refractivity contribution is -0.192. The minimum absolute atomic E-state index is 0.0268. The van der Waals surface area contributed by atoms with Crippen LogP contribution >= 0.6 is 0 Å². The minimum atomic E-state index is -5.08. The Morgan fingerprint density at radius 3 is 2.00 bits per heavy atom. The second kappa shape index (κ2) is 20.2. The number of aromatic hydroxyl groups is 1. The zero-order valence-corrected chi connectivity index (χ0v) is 32.8. The first-order chi connectivity index (χ1) is 26.6. The molecule has 0 radical (unpaired) electrons. The van der Waals surface area contributed by atoms with Gasteiger partial charge in [0.15, 0.2) is 17.6 Å². The molecule has 314 valence electrons. The second-order valence-corrected chi connectivity index (χ2v) is 16.1. The first-order valence-corrected chi connectivity index (χ1v) is 20.5.